The SMILES string of the molecule is Cn1cc(CN(C(=O)N[C@H]2CCc3ccccc3C2)C2CC2)cn1. The van der Waals surface area contributed by atoms with Crippen LogP contribution in [0, 0.1) is 0 Å². The van der Waals surface area contributed by atoms with E-state index in [2.05, 4.69) is 34.7 Å². The second-order valence-corrected chi connectivity index (χ2v) is 7.04. The molecule has 2 amide bonds. The molecule has 4 rings (SSSR count). The lowest BCUT2D eigenvalue weighted by Crippen LogP contribution is -2.47. The quantitative estimate of drug-likeness (QED) is 0.940. The Kier molecular flexibility index (Phi) is 4.00. The van der Waals surface area contributed by atoms with Gasteiger partial charge in [0, 0.05) is 30.9 Å². The summed E-state index contributed by atoms with van der Waals surface area (Å²) in [6.45, 7) is 0.646. The summed E-state index contributed by atoms with van der Waals surface area (Å²) < 4.78 is 1.79. The van der Waals surface area contributed by atoms with Crippen molar-refractivity contribution in [3.8, 4) is 0 Å². The standard InChI is InChI=1S/C19H24N4O/c1-22-12-14(11-20-22)13-23(18-8-9-18)19(24)21-17-7-6-15-4-2-3-5-16(15)10-17/h2-5,11-12,17-18H,6-10,13H2,1H3,(H,21,24)/t17-/m0/s1. The van der Waals surface area contributed by atoms with Crippen molar-refractivity contribution < 1.29 is 4.79 Å². The summed E-state index contributed by atoms with van der Waals surface area (Å²) in [5, 5.41) is 7.48. The third kappa shape index (κ3) is 3.30. The molecule has 0 spiro atoms. The van der Waals surface area contributed by atoms with E-state index in [1.165, 1.54) is 11.1 Å². The van der Waals surface area contributed by atoms with Crippen molar-refractivity contribution in [3.63, 3.8) is 0 Å². The zero-order valence-electron chi connectivity index (χ0n) is 14.1. The molecule has 0 unspecified atom stereocenters. The number of amides is 2. The third-order valence-corrected chi connectivity index (χ3v) is 5.03. The number of fused-ring (bicyclic) bond motifs is 1. The van der Waals surface area contributed by atoms with Gasteiger partial charge in [-0.1, -0.05) is 24.3 Å². The van der Waals surface area contributed by atoms with Gasteiger partial charge in [-0.25, -0.2) is 4.79 Å². The number of benzene rings is 1. The molecule has 1 aromatic heterocycles. The van der Waals surface area contributed by atoms with E-state index in [-0.39, 0.29) is 12.1 Å². The molecule has 1 atom stereocenters. The van der Waals surface area contributed by atoms with Gasteiger partial charge in [0.2, 0.25) is 0 Å². The average molecular weight is 324 g/mol. The Morgan fingerprint density at radius 2 is 2.08 bits per heavy atom. The second kappa shape index (κ2) is 6.30. The van der Waals surface area contributed by atoms with E-state index >= 15 is 0 Å². The predicted molar refractivity (Wildman–Crippen MR) is 92.6 cm³/mol. The van der Waals surface area contributed by atoms with Gasteiger partial charge in [0.1, 0.15) is 0 Å². The van der Waals surface area contributed by atoms with Crippen LogP contribution in [0.2, 0.25) is 0 Å². The van der Waals surface area contributed by atoms with E-state index in [1.54, 1.807) is 4.68 Å². The monoisotopic (exact) mass is 324 g/mol. The van der Waals surface area contributed by atoms with Crippen molar-refractivity contribution in [1.82, 2.24) is 20.0 Å². The minimum absolute atomic E-state index is 0.0748. The van der Waals surface area contributed by atoms with Gasteiger partial charge in [-0.3, -0.25) is 4.68 Å². The first-order valence-electron chi connectivity index (χ1n) is 8.80. The Morgan fingerprint density at radius 1 is 1.29 bits per heavy atom. The molecule has 1 aromatic carbocycles. The Bertz CT molecular complexity index is 734. The van der Waals surface area contributed by atoms with Crippen LogP contribution in [0.3, 0.4) is 0 Å². The maximum Gasteiger partial charge on any atom is 0.318 e. The predicted octanol–water partition coefficient (Wildman–Crippen LogP) is 2.65. The summed E-state index contributed by atoms with van der Waals surface area (Å²) in [4.78, 5) is 14.8. The highest BCUT2D eigenvalue weighted by molar-refractivity contribution is 5.75. The molecule has 5 nitrogen and oxygen atoms in total. The van der Waals surface area contributed by atoms with E-state index in [4.69, 9.17) is 0 Å². The molecule has 2 aromatic rings. The van der Waals surface area contributed by atoms with E-state index in [9.17, 15) is 4.79 Å². The Balaban J connectivity index is 1.40. The van der Waals surface area contributed by atoms with Crippen LogP contribution in [-0.4, -0.2) is 32.8 Å². The van der Waals surface area contributed by atoms with Gasteiger partial charge in [-0.05, 0) is 43.2 Å². The number of nitrogens with zero attached hydrogens (tertiary/aromatic N) is 3. The van der Waals surface area contributed by atoms with Crippen LogP contribution in [0.25, 0.3) is 0 Å². The van der Waals surface area contributed by atoms with Crippen LogP contribution >= 0.6 is 0 Å². The molecule has 0 aliphatic heterocycles. The second-order valence-electron chi connectivity index (χ2n) is 7.04. The highest BCUT2D eigenvalue weighted by Crippen LogP contribution is 2.29. The fraction of sp³-hybridized carbons (Fsp3) is 0.474. The topological polar surface area (TPSA) is 50.2 Å². The van der Waals surface area contributed by atoms with Crippen molar-refractivity contribution in [1.29, 1.82) is 0 Å². The van der Waals surface area contributed by atoms with Gasteiger partial charge in [0.05, 0.1) is 12.7 Å². The summed E-state index contributed by atoms with van der Waals surface area (Å²) >= 11 is 0. The first kappa shape index (κ1) is 15.2. The normalized spacial score (nSPS) is 19.6. The fourth-order valence-electron chi connectivity index (χ4n) is 3.58. The van der Waals surface area contributed by atoms with Crippen LogP contribution in [0.15, 0.2) is 36.7 Å². The van der Waals surface area contributed by atoms with Gasteiger partial charge in [0.15, 0.2) is 0 Å². The lowest BCUT2D eigenvalue weighted by Gasteiger charge is -2.29. The minimum atomic E-state index is 0.0748. The Morgan fingerprint density at radius 3 is 2.79 bits per heavy atom. The number of hydrogen-bond donors (Lipinski definition) is 1. The maximum atomic E-state index is 12.8. The van der Waals surface area contributed by atoms with Crippen LogP contribution in [0.4, 0.5) is 4.79 Å². The zero-order valence-corrected chi connectivity index (χ0v) is 14.1. The molecule has 0 bridgehead atoms. The first-order chi connectivity index (χ1) is 11.7. The number of nitrogens with one attached hydrogen (secondary N) is 1. The van der Waals surface area contributed by atoms with Crippen molar-refractivity contribution in [2.75, 3.05) is 0 Å². The molecule has 0 radical (unpaired) electrons. The molecular weight excluding hydrogens is 300 g/mol. The number of carbonyl (C=O) groups excluding carboxylic acids is 1. The highest BCUT2D eigenvalue weighted by Gasteiger charge is 2.34. The number of urea groups is 1. The van der Waals surface area contributed by atoms with Gasteiger partial charge in [-0.15, -0.1) is 0 Å². The van der Waals surface area contributed by atoms with Crippen molar-refractivity contribution in [2.45, 2.75) is 50.7 Å². The van der Waals surface area contributed by atoms with E-state index in [1.807, 2.05) is 24.3 Å². The lowest BCUT2D eigenvalue weighted by molar-refractivity contribution is 0.186. The van der Waals surface area contributed by atoms with Crippen LogP contribution in [0.1, 0.15) is 36.0 Å². The van der Waals surface area contributed by atoms with Crippen molar-refractivity contribution >= 4 is 6.03 Å². The molecule has 1 N–H and O–H groups in total. The summed E-state index contributed by atoms with van der Waals surface area (Å²) in [7, 11) is 1.91. The molecular formula is C19H24N4O. The minimum Gasteiger partial charge on any atom is -0.335 e. The Hall–Kier alpha value is -2.30. The van der Waals surface area contributed by atoms with Crippen molar-refractivity contribution in [2.24, 2.45) is 7.05 Å². The van der Waals surface area contributed by atoms with Gasteiger partial charge in [0.25, 0.3) is 0 Å². The van der Waals surface area contributed by atoms with E-state index < -0.39 is 0 Å². The summed E-state index contributed by atoms with van der Waals surface area (Å²) in [6, 6.07) is 9.27. The largest absolute Gasteiger partial charge is 0.335 e. The molecule has 24 heavy (non-hydrogen) atoms. The molecule has 126 valence electrons. The highest BCUT2D eigenvalue weighted by atomic mass is 16.2. The first-order valence-corrected chi connectivity index (χ1v) is 8.80. The molecule has 1 fully saturated rings. The number of hydrogen-bond acceptors (Lipinski definition) is 2. The lowest BCUT2D eigenvalue weighted by atomic mass is 9.88. The number of carbonyl (C=O) groups is 1. The molecule has 5 heteroatoms. The average Bonchev–Trinajstić information content (AvgIpc) is 3.34. The van der Waals surface area contributed by atoms with Crippen molar-refractivity contribution in [3.05, 3.63) is 53.3 Å². The van der Waals surface area contributed by atoms with Crippen LogP contribution in [0.5, 0.6) is 0 Å². The molecule has 2 aliphatic rings. The number of rotatable bonds is 4. The third-order valence-electron chi connectivity index (χ3n) is 5.03. The smallest absolute Gasteiger partial charge is 0.318 e. The molecule has 2 aliphatic carbocycles. The van der Waals surface area contributed by atoms with Gasteiger partial charge < -0.3 is 10.2 Å². The van der Waals surface area contributed by atoms with Gasteiger partial charge in [-0.2, -0.15) is 5.10 Å². The number of aryl methyl sites for hydroxylation is 2. The van der Waals surface area contributed by atoms with E-state index in [0.29, 0.717) is 12.6 Å². The van der Waals surface area contributed by atoms with Gasteiger partial charge >= 0.3 is 6.03 Å². The summed E-state index contributed by atoms with van der Waals surface area (Å²) in [5.41, 5.74) is 3.89. The molecule has 0 saturated heterocycles. The maximum absolute atomic E-state index is 12.8. The van der Waals surface area contributed by atoms with Crippen LogP contribution in [-0.2, 0) is 26.4 Å². The Labute approximate surface area is 142 Å². The van der Waals surface area contributed by atoms with Crippen LogP contribution < -0.4 is 5.32 Å². The zero-order chi connectivity index (χ0) is 16.5. The summed E-state index contributed by atoms with van der Waals surface area (Å²) in [6.07, 6.45) is 9.07. The number of aromatic nitrogens is 2. The molecule has 1 heterocycles. The molecule has 1 saturated carbocycles. The van der Waals surface area contributed by atoms with E-state index in [0.717, 1.165) is 37.7 Å². The fourth-order valence-corrected chi connectivity index (χ4v) is 3.58. The summed E-state index contributed by atoms with van der Waals surface area (Å²) in [5.74, 6) is 0.